The van der Waals surface area contributed by atoms with Gasteiger partial charge in [-0.3, -0.25) is 4.79 Å². The number of benzene rings is 3. The molecule has 0 unspecified atom stereocenters. The van der Waals surface area contributed by atoms with Crippen molar-refractivity contribution in [1.29, 1.82) is 0 Å². The average Bonchev–Trinajstić information content (AvgIpc) is 3.33. The molecule has 1 aromatic heterocycles. The molecule has 0 fully saturated rings. The number of rotatable bonds is 9. The maximum Gasteiger partial charge on any atom is 0.271 e. The summed E-state index contributed by atoms with van der Waals surface area (Å²) >= 11 is 23.9. The number of carbonyl (C=O) groups is 1. The standard InChI is InChI=1S/C26H19Cl4N3O4S/c27-19-4-2-18(3-5-19)26(34)32-31-14-21-8-9-22(37-21)16-33(15-17-1-12-24(29)25(30)13-17)38(35,36)23-10-6-20(28)7-11-23/h1-14H,15-16H2,(H,32,34)/b31-14-. The van der Waals surface area contributed by atoms with Gasteiger partial charge in [-0.05, 0) is 78.4 Å². The van der Waals surface area contributed by atoms with E-state index < -0.39 is 15.9 Å². The molecular formula is C26H19Cl4N3O4S. The maximum absolute atomic E-state index is 13.5. The second-order valence-corrected chi connectivity index (χ2v) is 11.6. The van der Waals surface area contributed by atoms with Crippen LogP contribution in [0.3, 0.4) is 0 Å². The van der Waals surface area contributed by atoms with Gasteiger partial charge in [0.15, 0.2) is 0 Å². The van der Waals surface area contributed by atoms with E-state index in [9.17, 15) is 13.2 Å². The second-order valence-electron chi connectivity index (χ2n) is 7.99. The lowest BCUT2D eigenvalue weighted by atomic mass is 10.2. The van der Waals surface area contributed by atoms with Gasteiger partial charge in [-0.1, -0.05) is 52.5 Å². The fraction of sp³-hybridized carbons (Fsp3) is 0.0769. The Balaban J connectivity index is 1.52. The first kappa shape index (κ1) is 28.2. The molecule has 0 aliphatic rings. The lowest BCUT2D eigenvalue weighted by Crippen LogP contribution is -2.30. The molecule has 4 aromatic rings. The van der Waals surface area contributed by atoms with E-state index in [1.807, 2.05) is 0 Å². The summed E-state index contributed by atoms with van der Waals surface area (Å²) in [7, 11) is -3.95. The molecule has 7 nitrogen and oxygen atoms in total. The number of hydrogen-bond donors (Lipinski definition) is 1. The Morgan fingerprint density at radius 3 is 2.16 bits per heavy atom. The van der Waals surface area contributed by atoms with Gasteiger partial charge in [0.1, 0.15) is 11.5 Å². The number of furan rings is 1. The van der Waals surface area contributed by atoms with Gasteiger partial charge in [0, 0.05) is 22.2 Å². The second kappa shape index (κ2) is 12.3. The first-order chi connectivity index (χ1) is 18.1. The van der Waals surface area contributed by atoms with Crippen LogP contribution in [0.4, 0.5) is 0 Å². The van der Waals surface area contributed by atoms with Gasteiger partial charge < -0.3 is 4.42 Å². The van der Waals surface area contributed by atoms with Gasteiger partial charge >= 0.3 is 0 Å². The molecule has 38 heavy (non-hydrogen) atoms. The van der Waals surface area contributed by atoms with Crippen LogP contribution < -0.4 is 5.43 Å². The highest BCUT2D eigenvalue weighted by Gasteiger charge is 2.26. The van der Waals surface area contributed by atoms with E-state index in [2.05, 4.69) is 10.5 Å². The third-order valence-corrected chi connectivity index (χ3v) is 8.32. The molecule has 3 aromatic carbocycles. The topological polar surface area (TPSA) is 92.0 Å². The summed E-state index contributed by atoms with van der Waals surface area (Å²) in [5.74, 6) is 0.245. The summed E-state index contributed by atoms with van der Waals surface area (Å²) in [5, 5.41) is 5.50. The van der Waals surface area contributed by atoms with E-state index in [0.717, 1.165) is 0 Å². The molecule has 4 rings (SSSR count). The SMILES string of the molecule is O=C(N/N=C\c1ccc(CN(Cc2ccc(Cl)c(Cl)c2)S(=O)(=O)c2ccc(Cl)cc2)o1)c1ccc(Cl)cc1. The molecule has 12 heteroatoms. The zero-order chi connectivity index (χ0) is 27.3. The summed E-state index contributed by atoms with van der Waals surface area (Å²) in [6.07, 6.45) is 1.31. The minimum atomic E-state index is -3.95. The van der Waals surface area contributed by atoms with Crippen molar-refractivity contribution in [3.63, 3.8) is 0 Å². The number of hydrazone groups is 1. The Morgan fingerprint density at radius 2 is 1.50 bits per heavy atom. The lowest BCUT2D eigenvalue weighted by Gasteiger charge is -2.22. The molecule has 0 saturated heterocycles. The highest BCUT2D eigenvalue weighted by molar-refractivity contribution is 7.89. The van der Waals surface area contributed by atoms with Gasteiger partial charge in [-0.15, -0.1) is 0 Å². The molecular weight excluding hydrogens is 592 g/mol. The van der Waals surface area contributed by atoms with Crippen LogP contribution in [0.2, 0.25) is 20.1 Å². The Hall–Kier alpha value is -2.85. The minimum Gasteiger partial charge on any atom is -0.459 e. The van der Waals surface area contributed by atoms with E-state index in [1.165, 1.54) is 34.8 Å². The molecule has 1 N–H and O–H groups in total. The zero-order valence-corrected chi connectivity index (χ0v) is 23.3. The smallest absolute Gasteiger partial charge is 0.271 e. The predicted molar refractivity (Wildman–Crippen MR) is 150 cm³/mol. The Morgan fingerprint density at radius 1 is 0.842 bits per heavy atom. The average molecular weight is 611 g/mol. The third-order valence-electron chi connectivity index (χ3n) is 5.27. The van der Waals surface area contributed by atoms with Crippen molar-refractivity contribution in [3.8, 4) is 0 Å². The number of carbonyl (C=O) groups excluding carboxylic acids is 1. The van der Waals surface area contributed by atoms with Crippen molar-refractivity contribution < 1.29 is 17.6 Å². The quantitative estimate of drug-likeness (QED) is 0.162. The first-order valence-corrected chi connectivity index (χ1v) is 13.9. The molecule has 0 aliphatic carbocycles. The van der Waals surface area contributed by atoms with Crippen molar-refractivity contribution in [2.24, 2.45) is 5.10 Å². The third kappa shape index (κ3) is 7.17. The van der Waals surface area contributed by atoms with Crippen LogP contribution in [0.15, 0.2) is 93.3 Å². The largest absolute Gasteiger partial charge is 0.459 e. The van der Waals surface area contributed by atoms with E-state index in [1.54, 1.807) is 54.6 Å². The van der Waals surface area contributed by atoms with Crippen LogP contribution in [0.5, 0.6) is 0 Å². The molecule has 0 atom stereocenters. The zero-order valence-electron chi connectivity index (χ0n) is 19.4. The van der Waals surface area contributed by atoms with Crippen molar-refractivity contribution in [3.05, 3.63) is 122 Å². The first-order valence-electron chi connectivity index (χ1n) is 11.0. The van der Waals surface area contributed by atoms with Crippen molar-refractivity contribution >= 4 is 68.5 Å². The molecule has 0 radical (unpaired) electrons. The summed E-state index contributed by atoms with van der Waals surface area (Å²) in [5.41, 5.74) is 3.42. The predicted octanol–water partition coefficient (Wildman–Crippen LogP) is 7.05. The van der Waals surface area contributed by atoms with E-state index in [-0.39, 0.29) is 18.0 Å². The van der Waals surface area contributed by atoms with E-state index in [0.29, 0.717) is 42.7 Å². The molecule has 0 saturated carbocycles. The van der Waals surface area contributed by atoms with Crippen LogP contribution in [-0.2, 0) is 23.1 Å². The monoisotopic (exact) mass is 609 g/mol. The fourth-order valence-electron chi connectivity index (χ4n) is 3.37. The normalized spacial score (nSPS) is 11.8. The van der Waals surface area contributed by atoms with Gasteiger partial charge in [-0.25, -0.2) is 13.8 Å². The van der Waals surface area contributed by atoms with Gasteiger partial charge in [0.2, 0.25) is 10.0 Å². The van der Waals surface area contributed by atoms with Crippen molar-refractivity contribution in [2.45, 2.75) is 18.0 Å². The van der Waals surface area contributed by atoms with Crippen LogP contribution in [0.25, 0.3) is 0 Å². The Bertz CT molecular complexity index is 1570. The number of nitrogens with one attached hydrogen (secondary N) is 1. The fourth-order valence-corrected chi connectivity index (χ4v) is 5.33. The highest BCUT2D eigenvalue weighted by Crippen LogP contribution is 2.27. The van der Waals surface area contributed by atoms with Crippen molar-refractivity contribution in [2.75, 3.05) is 0 Å². The lowest BCUT2D eigenvalue weighted by molar-refractivity contribution is 0.0955. The summed E-state index contributed by atoms with van der Waals surface area (Å²) in [6, 6.07) is 20.4. The van der Waals surface area contributed by atoms with Gasteiger partial charge in [-0.2, -0.15) is 9.41 Å². The van der Waals surface area contributed by atoms with Crippen LogP contribution in [-0.4, -0.2) is 24.8 Å². The van der Waals surface area contributed by atoms with Gasteiger partial charge in [0.25, 0.3) is 5.91 Å². The summed E-state index contributed by atoms with van der Waals surface area (Å²) < 4.78 is 34.0. The minimum absolute atomic E-state index is 0.00310. The van der Waals surface area contributed by atoms with Crippen molar-refractivity contribution in [1.82, 2.24) is 9.73 Å². The Kier molecular flexibility index (Phi) is 9.15. The van der Waals surface area contributed by atoms with Gasteiger partial charge in [0.05, 0.1) is 27.7 Å². The molecule has 1 amide bonds. The molecule has 1 heterocycles. The summed E-state index contributed by atoms with van der Waals surface area (Å²) in [6.45, 7) is -0.0840. The molecule has 0 aliphatic heterocycles. The van der Waals surface area contributed by atoms with Crippen LogP contribution in [0, 0.1) is 0 Å². The summed E-state index contributed by atoms with van der Waals surface area (Å²) in [4.78, 5) is 12.3. The molecule has 196 valence electrons. The van der Waals surface area contributed by atoms with Crippen LogP contribution >= 0.6 is 46.4 Å². The number of sulfonamides is 1. The number of nitrogens with zero attached hydrogens (tertiary/aromatic N) is 2. The number of hydrogen-bond acceptors (Lipinski definition) is 5. The number of amides is 1. The molecule has 0 bridgehead atoms. The van der Waals surface area contributed by atoms with E-state index >= 15 is 0 Å². The Labute approximate surface area is 239 Å². The maximum atomic E-state index is 13.5. The number of halogens is 4. The van der Waals surface area contributed by atoms with E-state index in [4.69, 9.17) is 50.8 Å². The highest BCUT2D eigenvalue weighted by atomic mass is 35.5. The van der Waals surface area contributed by atoms with Crippen LogP contribution in [0.1, 0.15) is 27.4 Å². The molecule has 0 spiro atoms.